The van der Waals surface area contributed by atoms with Crippen molar-refractivity contribution in [2.24, 2.45) is 11.5 Å². The number of hydrogen-bond donors (Lipinski definition) is 5. The molecule has 1 aromatic rings. The molecule has 1 aromatic carbocycles. The second-order valence-electron chi connectivity index (χ2n) is 5.50. The van der Waals surface area contributed by atoms with Crippen LogP contribution in [0.25, 0.3) is 0 Å². The molecule has 1 amide bonds. The van der Waals surface area contributed by atoms with Crippen molar-refractivity contribution in [1.29, 1.82) is 0 Å². The molecule has 0 spiro atoms. The van der Waals surface area contributed by atoms with Crippen LogP contribution in [0.15, 0.2) is 30.3 Å². The van der Waals surface area contributed by atoms with Gasteiger partial charge < -0.3 is 26.8 Å². The predicted octanol–water partition coefficient (Wildman–Crippen LogP) is -0.355. The van der Waals surface area contributed by atoms with Gasteiger partial charge in [0.15, 0.2) is 0 Å². The maximum atomic E-state index is 11.9. The Hall–Kier alpha value is -1.41. The average Bonchev–Trinajstić information content (AvgIpc) is 2.51. The second-order valence-corrected chi connectivity index (χ2v) is 5.50. The standard InChI is InChI=1S/C15H26BN3O3/c17-9-5-4-8-14(18)15(20)19-11-13(16(21)22)10-12-6-2-1-3-7-12/h1-3,6-7,13-14,21-22H,4-5,8-11,17-18H2,(H,19,20)/t13-,14-/m1/s1. The Labute approximate surface area is 132 Å². The van der Waals surface area contributed by atoms with Gasteiger partial charge in [-0.25, -0.2) is 0 Å². The molecular formula is C15H26BN3O3. The fraction of sp³-hybridized carbons (Fsp3) is 0.533. The lowest BCUT2D eigenvalue weighted by molar-refractivity contribution is -0.122. The molecule has 0 heterocycles. The molecule has 0 bridgehead atoms. The molecule has 0 aliphatic rings. The fourth-order valence-corrected chi connectivity index (χ4v) is 2.20. The Balaban J connectivity index is 2.42. The van der Waals surface area contributed by atoms with E-state index in [9.17, 15) is 14.8 Å². The van der Waals surface area contributed by atoms with Gasteiger partial charge in [0.1, 0.15) is 0 Å². The molecule has 1 rings (SSSR count). The summed E-state index contributed by atoms with van der Waals surface area (Å²) in [4.78, 5) is 11.9. The zero-order valence-corrected chi connectivity index (χ0v) is 12.8. The number of unbranched alkanes of at least 4 members (excludes halogenated alkanes) is 1. The lowest BCUT2D eigenvalue weighted by Crippen LogP contribution is -2.43. The van der Waals surface area contributed by atoms with E-state index in [-0.39, 0.29) is 12.5 Å². The summed E-state index contributed by atoms with van der Waals surface area (Å²) in [6.45, 7) is 0.764. The van der Waals surface area contributed by atoms with Crippen molar-refractivity contribution in [3.05, 3.63) is 35.9 Å². The molecule has 7 N–H and O–H groups in total. The molecule has 0 fully saturated rings. The van der Waals surface area contributed by atoms with E-state index in [0.717, 1.165) is 18.4 Å². The predicted molar refractivity (Wildman–Crippen MR) is 88.0 cm³/mol. The van der Waals surface area contributed by atoms with E-state index < -0.39 is 19.0 Å². The molecule has 0 radical (unpaired) electrons. The lowest BCUT2D eigenvalue weighted by Gasteiger charge is -2.18. The third-order valence-electron chi connectivity index (χ3n) is 3.61. The molecule has 0 saturated carbocycles. The summed E-state index contributed by atoms with van der Waals surface area (Å²) >= 11 is 0. The molecule has 6 nitrogen and oxygen atoms in total. The first kappa shape index (κ1) is 18.6. The van der Waals surface area contributed by atoms with E-state index in [2.05, 4.69) is 5.32 Å². The van der Waals surface area contributed by atoms with E-state index in [4.69, 9.17) is 11.5 Å². The zero-order chi connectivity index (χ0) is 16.4. The summed E-state index contributed by atoms with van der Waals surface area (Å²) < 4.78 is 0. The van der Waals surface area contributed by atoms with Gasteiger partial charge in [0, 0.05) is 12.4 Å². The largest absolute Gasteiger partial charge is 0.456 e. The fourth-order valence-electron chi connectivity index (χ4n) is 2.20. The van der Waals surface area contributed by atoms with Crippen LogP contribution >= 0.6 is 0 Å². The SMILES string of the molecule is NCCCC[C@@H](N)C(=O)NC[C@@H](Cc1ccccc1)B(O)O. The van der Waals surface area contributed by atoms with Crippen LogP contribution in [0.1, 0.15) is 24.8 Å². The van der Waals surface area contributed by atoms with Crippen LogP contribution < -0.4 is 16.8 Å². The Morgan fingerprint density at radius 3 is 2.50 bits per heavy atom. The Morgan fingerprint density at radius 1 is 1.23 bits per heavy atom. The molecular weight excluding hydrogens is 281 g/mol. The van der Waals surface area contributed by atoms with Crippen molar-refractivity contribution in [2.45, 2.75) is 37.5 Å². The summed E-state index contributed by atoms with van der Waals surface area (Å²) in [6, 6.07) is 8.92. The first-order valence-electron chi connectivity index (χ1n) is 7.68. The third-order valence-corrected chi connectivity index (χ3v) is 3.61. The number of amides is 1. The number of nitrogens with two attached hydrogens (primary N) is 2. The summed E-state index contributed by atoms with van der Waals surface area (Å²) in [5, 5.41) is 21.6. The van der Waals surface area contributed by atoms with Crippen LogP contribution in [0, 0.1) is 0 Å². The van der Waals surface area contributed by atoms with E-state index in [0.29, 0.717) is 19.4 Å². The van der Waals surface area contributed by atoms with E-state index in [1.807, 2.05) is 30.3 Å². The van der Waals surface area contributed by atoms with Crippen LogP contribution in [-0.4, -0.2) is 42.2 Å². The second kappa shape index (κ2) is 10.3. The van der Waals surface area contributed by atoms with Gasteiger partial charge in [-0.2, -0.15) is 0 Å². The first-order valence-corrected chi connectivity index (χ1v) is 7.68. The van der Waals surface area contributed by atoms with Crippen molar-refractivity contribution in [3.8, 4) is 0 Å². The number of carbonyl (C=O) groups is 1. The minimum atomic E-state index is -1.49. The van der Waals surface area contributed by atoms with E-state index in [1.54, 1.807) is 0 Å². The average molecular weight is 307 g/mol. The third kappa shape index (κ3) is 7.04. The summed E-state index contributed by atoms with van der Waals surface area (Å²) in [7, 11) is -1.49. The molecule has 0 aliphatic carbocycles. The molecule has 22 heavy (non-hydrogen) atoms. The number of carbonyl (C=O) groups excluding carboxylic acids is 1. The maximum absolute atomic E-state index is 11.9. The van der Waals surface area contributed by atoms with Crippen LogP contribution in [0.5, 0.6) is 0 Å². The Kier molecular flexibility index (Phi) is 8.76. The summed E-state index contributed by atoms with van der Waals surface area (Å²) in [6.07, 6.45) is 2.70. The van der Waals surface area contributed by atoms with E-state index >= 15 is 0 Å². The monoisotopic (exact) mass is 307 g/mol. The van der Waals surface area contributed by atoms with Gasteiger partial charge in [0.2, 0.25) is 5.91 Å². The smallest absolute Gasteiger partial charge is 0.427 e. The van der Waals surface area contributed by atoms with E-state index in [1.165, 1.54) is 0 Å². The van der Waals surface area contributed by atoms with Crippen molar-refractivity contribution in [3.63, 3.8) is 0 Å². The van der Waals surface area contributed by atoms with Crippen molar-refractivity contribution in [2.75, 3.05) is 13.1 Å². The van der Waals surface area contributed by atoms with Gasteiger partial charge >= 0.3 is 7.12 Å². The maximum Gasteiger partial charge on any atom is 0.456 e. The first-order chi connectivity index (χ1) is 10.5. The van der Waals surface area contributed by atoms with Crippen molar-refractivity contribution < 1.29 is 14.8 Å². The van der Waals surface area contributed by atoms with Crippen molar-refractivity contribution >= 4 is 13.0 Å². The molecule has 0 unspecified atom stereocenters. The Morgan fingerprint density at radius 2 is 1.91 bits per heavy atom. The summed E-state index contributed by atoms with van der Waals surface area (Å²) in [5.74, 6) is -0.738. The van der Waals surface area contributed by atoms with Crippen LogP contribution in [0.4, 0.5) is 0 Å². The zero-order valence-electron chi connectivity index (χ0n) is 12.8. The van der Waals surface area contributed by atoms with Crippen LogP contribution in [0.2, 0.25) is 5.82 Å². The molecule has 2 atom stereocenters. The summed E-state index contributed by atoms with van der Waals surface area (Å²) in [5.41, 5.74) is 12.2. The molecule has 0 saturated heterocycles. The molecule has 0 aromatic heterocycles. The highest BCUT2D eigenvalue weighted by Crippen LogP contribution is 2.14. The van der Waals surface area contributed by atoms with Gasteiger partial charge in [0.25, 0.3) is 0 Å². The number of hydrogen-bond acceptors (Lipinski definition) is 5. The van der Waals surface area contributed by atoms with Crippen molar-refractivity contribution in [1.82, 2.24) is 5.32 Å². The van der Waals surface area contributed by atoms with Gasteiger partial charge in [-0.05, 0) is 31.4 Å². The van der Waals surface area contributed by atoms with Gasteiger partial charge in [-0.3, -0.25) is 4.79 Å². The van der Waals surface area contributed by atoms with Crippen LogP contribution in [0.3, 0.4) is 0 Å². The number of nitrogens with one attached hydrogen (secondary N) is 1. The Bertz CT molecular complexity index is 431. The highest BCUT2D eigenvalue weighted by Gasteiger charge is 2.25. The minimum Gasteiger partial charge on any atom is -0.427 e. The highest BCUT2D eigenvalue weighted by molar-refractivity contribution is 6.43. The minimum absolute atomic E-state index is 0.177. The van der Waals surface area contributed by atoms with Gasteiger partial charge in [-0.15, -0.1) is 0 Å². The molecule has 122 valence electrons. The number of benzene rings is 1. The topological polar surface area (TPSA) is 122 Å². The van der Waals surface area contributed by atoms with Gasteiger partial charge in [0.05, 0.1) is 6.04 Å². The normalized spacial score (nSPS) is 13.5. The molecule has 0 aliphatic heterocycles. The van der Waals surface area contributed by atoms with Crippen LogP contribution in [-0.2, 0) is 11.2 Å². The molecule has 7 heteroatoms. The highest BCUT2D eigenvalue weighted by atomic mass is 16.4. The lowest BCUT2D eigenvalue weighted by atomic mass is 9.69. The number of rotatable bonds is 10. The quantitative estimate of drug-likeness (QED) is 0.299. The van der Waals surface area contributed by atoms with Gasteiger partial charge in [-0.1, -0.05) is 36.8 Å².